The summed E-state index contributed by atoms with van der Waals surface area (Å²) in [5.74, 6) is 0.650. The Labute approximate surface area is 106 Å². The molecule has 0 fully saturated rings. The predicted octanol–water partition coefficient (Wildman–Crippen LogP) is 1.74. The minimum absolute atomic E-state index is 0.380. The molecule has 0 saturated carbocycles. The van der Waals surface area contributed by atoms with Crippen LogP contribution in [0.1, 0.15) is 20.3 Å². The van der Waals surface area contributed by atoms with Crippen LogP contribution >= 0.6 is 0 Å². The first-order valence-electron chi connectivity index (χ1n) is 5.67. The summed E-state index contributed by atoms with van der Waals surface area (Å²) >= 11 is 0. The van der Waals surface area contributed by atoms with E-state index in [9.17, 15) is 4.79 Å². The Morgan fingerprint density at radius 2 is 1.83 bits per heavy atom. The molecule has 18 heavy (non-hydrogen) atoms. The number of benzene rings is 1. The number of rotatable bonds is 6. The standard InChI is InChI=1S/C13H18O5/c1-4-13(2,12(15)16-3)18-11-7-5-10(6-8-11)17-9-14/h5-8,14H,4,9H2,1-3H3/t13-/m1/s1. The molecule has 1 aromatic rings. The molecule has 1 N–H and O–H groups in total. The summed E-state index contributed by atoms with van der Waals surface area (Å²) < 4.78 is 15.3. The van der Waals surface area contributed by atoms with Gasteiger partial charge >= 0.3 is 5.97 Å². The number of carbonyl (C=O) groups is 1. The number of methoxy groups -OCH3 is 1. The normalized spacial score (nSPS) is 13.6. The fraction of sp³-hybridized carbons (Fsp3) is 0.462. The van der Waals surface area contributed by atoms with Crippen molar-refractivity contribution in [3.8, 4) is 11.5 Å². The van der Waals surface area contributed by atoms with Gasteiger partial charge in [-0.3, -0.25) is 0 Å². The van der Waals surface area contributed by atoms with E-state index in [0.29, 0.717) is 17.9 Å². The lowest BCUT2D eigenvalue weighted by atomic mass is 10.0. The highest BCUT2D eigenvalue weighted by Gasteiger charge is 2.34. The van der Waals surface area contributed by atoms with Crippen LogP contribution in [0.25, 0.3) is 0 Å². The third-order valence-corrected chi connectivity index (χ3v) is 2.69. The predicted molar refractivity (Wildman–Crippen MR) is 65.5 cm³/mol. The highest BCUT2D eigenvalue weighted by molar-refractivity contribution is 5.79. The number of ether oxygens (including phenoxy) is 3. The summed E-state index contributed by atoms with van der Waals surface area (Å²) in [6.45, 7) is 3.15. The van der Waals surface area contributed by atoms with Crippen LogP contribution in [0.2, 0.25) is 0 Å². The van der Waals surface area contributed by atoms with Gasteiger partial charge in [0.15, 0.2) is 6.79 Å². The van der Waals surface area contributed by atoms with Crippen molar-refractivity contribution in [2.45, 2.75) is 25.9 Å². The summed E-state index contributed by atoms with van der Waals surface area (Å²) in [6.07, 6.45) is 0.495. The lowest BCUT2D eigenvalue weighted by Crippen LogP contribution is -2.41. The maximum atomic E-state index is 11.6. The van der Waals surface area contributed by atoms with Gasteiger partial charge in [-0.05, 0) is 37.6 Å². The first-order valence-corrected chi connectivity index (χ1v) is 5.67. The van der Waals surface area contributed by atoms with Crippen LogP contribution in [0.15, 0.2) is 24.3 Å². The Morgan fingerprint density at radius 1 is 1.28 bits per heavy atom. The molecule has 0 aliphatic heterocycles. The van der Waals surface area contributed by atoms with E-state index in [4.69, 9.17) is 19.3 Å². The van der Waals surface area contributed by atoms with Crippen molar-refractivity contribution >= 4 is 5.97 Å². The van der Waals surface area contributed by atoms with Crippen molar-refractivity contribution in [2.75, 3.05) is 13.9 Å². The zero-order valence-electron chi connectivity index (χ0n) is 10.8. The zero-order valence-corrected chi connectivity index (χ0v) is 10.8. The van der Waals surface area contributed by atoms with E-state index in [2.05, 4.69) is 0 Å². The van der Waals surface area contributed by atoms with Gasteiger partial charge in [0, 0.05) is 0 Å². The fourth-order valence-corrected chi connectivity index (χ4v) is 1.41. The van der Waals surface area contributed by atoms with E-state index < -0.39 is 11.6 Å². The molecule has 1 atom stereocenters. The number of carbonyl (C=O) groups excluding carboxylic acids is 1. The Hall–Kier alpha value is -1.75. The largest absolute Gasteiger partial charge is 0.476 e. The second kappa shape index (κ2) is 6.26. The molecule has 0 heterocycles. The Morgan fingerprint density at radius 3 is 2.28 bits per heavy atom. The third kappa shape index (κ3) is 3.37. The van der Waals surface area contributed by atoms with Crippen LogP contribution < -0.4 is 9.47 Å². The van der Waals surface area contributed by atoms with Crippen LogP contribution in [-0.4, -0.2) is 30.6 Å². The van der Waals surface area contributed by atoms with E-state index >= 15 is 0 Å². The highest BCUT2D eigenvalue weighted by atomic mass is 16.6. The molecule has 100 valence electrons. The topological polar surface area (TPSA) is 65.0 Å². The number of hydrogen-bond acceptors (Lipinski definition) is 5. The van der Waals surface area contributed by atoms with Gasteiger partial charge < -0.3 is 19.3 Å². The summed E-state index contributed by atoms with van der Waals surface area (Å²) in [7, 11) is 1.33. The molecule has 0 amide bonds. The molecular weight excluding hydrogens is 236 g/mol. The van der Waals surface area contributed by atoms with E-state index in [1.54, 1.807) is 31.2 Å². The van der Waals surface area contributed by atoms with Crippen LogP contribution in [0.4, 0.5) is 0 Å². The molecule has 1 rings (SSSR count). The Kier molecular flexibility index (Phi) is 4.97. The van der Waals surface area contributed by atoms with Crippen LogP contribution in [0, 0.1) is 0 Å². The van der Waals surface area contributed by atoms with Crippen molar-refractivity contribution in [3.05, 3.63) is 24.3 Å². The van der Waals surface area contributed by atoms with Gasteiger partial charge in [-0.2, -0.15) is 0 Å². The molecule has 0 spiro atoms. The van der Waals surface area contributed by atoms with Gasteiger partial charge in [-0.1, -0.05) is 6.92 Å². The van der Waals surface area contributed by atoms with Crippen LogP contribution in [-0.2, 0) is 9.53 Å². The molecular formula is C13H18O5. The van der Waals surface area contributed by atoms with Gasteiger partial charge in [0.1, 0.15) is 11.5 Å². The maximum Gasteiger partial charge on any atom is 0.349 e. The molecule has 1 aromatic carbocycles. The quantitative estimate of drug-likeness (QED) is 0.618. The lowest BCUT2D eigenvalue weighted by Gasteiger charge is -2.26. The molecule has 0 saturated heterocycles. The average molecular weight is 254 g/mol. The number of aliphatic hydroxyl groups excluding tert-OH is 1. The first kappa shape index (κ1) is 14.3. The van der Waals surface area contributed by atoms with Crippen molar-refractivity contribution < 1.29 is 24.1 Å². The second-order valence-electron chi connectivity index (χ2n) is 3.92. The SMILES string of the molecule is CC[C@@](C)(Oc1ccc(OCO)cc1)C(=O)OC. The van der Waals surface area contributed by atoms with Crippen molar-refractivity contribution in [2.24, 2.45) is 0 Å². The molecule has 0 bridgehead atoms. The van der Waals surface area contributed by atoms with Crippen LogP contribution in [0.3, 0.4) is 0 Å². The first-order chi connectivity index (χ1) is 8.55. The van der Waals surface area contributed by atoms with E-state index in [0.717, 1.165) is 0 Å². The summed E-state index contributed by atoms with van der Waals surface area (Å²) in [5, 5.41) is 8.60. The minimum Gasteiger partial charge on any atom is -0.476 e. The maximum absolute atomic E-state index is 11.6. The molecule has 0 aliphatic carbocycles. The number of esters is 1. The molecule has 0 unspecified atom stereocenters. The summed E-state index contributed by atoms with van der Waals surface area (Å²) in [4.78, 5) is 11.6. The smallest absolute Gasteiger partial charge is 0.349 e. The number of aliphatic hydroxyl groups is 1. The van der Waals surface area contributed by atoms with Crippen LogP contribution in [0.5, 0.6) is 11.5 Å². The third-order valence-electron chi connectivity index (χ3n) is 2.69. The molecule has 0 aromatic heterocycles. The second-order valence-corrected chi connectivity index (χ2v) is 3.92. The monoisotopic (exact) mass is 254 g/mol. The highest BCUT2D eigenvalue weighted by Crippen LogP contribution is 2.24. The summed E-state index contributed by atoms with van der Waals surface area (Å²) in [6, 6.07) is 6.64. The summed E-state index contributed by atoms with van der Waals surface area (Å²) in [5.41, 5.74) is -1.01. The van der Waals surface area contributed by atoms with Crippen molar-refractivity contribution in [1.82, 2.24) is 0 Å². The Balaban J connectivity index is 2.79. The van der Waals surface area contributed by atoms with Crippen molar-refractivity contribution in [3.63, 3.8) is 0 Å². The molecule has 5 nitrogen and oxygen atoms in total. The minimum atomic E-state index is -1.01. The van der Waals surface area contributed by atoms with E-state index in [-0.39, 0.29) is 6.79 Å². The van der Waals surface area contributed by atoms with Gasteiger partial charge in [-0.25, -0.2) is 4.79 Å². The average Bonchev–Trinajstić information content (AvgIpc) is 2.40. The van der Waals surface area contributed by atoms with Gasteiger partial charge in [0.2, 0.25) is 5.60 Å². The van der Waals surface area contributed by atoms with Gasteiger partial charge in [0.05, 0.1) is 7.11 Å². The number of hydrogen-bond donors (Lipinski definition) is 1. The lowest BCUT2D eigenvalue weighted by molar-refractivity contribution is -0.157. The fourth-order valence-electron chi connectivity index (χ4n) is 1.41. The van der Waals surface area contributed by atoms with Crippen molar-refractivity contribution in [1.29, 1.82) is 0 Å². The Bertz CT molecular complexity index is 387. The van der Waals surface area contributed by atoms with Gasteiger partial charge in [0.25, 0.3) is 0 Å². The van der Waals surface area contributed by atoms with E-state index in [1.807, 2.05) is 6.92 Å². The molecule has 0 radical (unpaired) electrons. The van der Waals surface area contributed by atoms with E-state index in [1.165, 1.54) is 7.11 Å². The van der Waals surface area contributed by atoms with Gasteiger partial charge in [-0.15, -0.1) is 0 Å². The molecule has 5 heteroatoms. The molecule has 0 aliphatic rings. The zero-order chi connectivity index (χ0) is 13.6.